The van der Waals surface area contributed by atoms with Gasteiger partial charge in [-0.15, -0.1) is 11.8 Å². The molecule has 0 aromatic heterocycles. The molecule has 2 heterocycles. The highest BCUT2D eigenvalue weighted by molar-refractivity contribution is 8.02. The zero-order chi connectivity index (χ0) is 27.6. The minimum atomic E-state index is -1.28. The van der Waals surface area contributed by atoms with Crippen LogP contribution in [0.2, 0.25) is 0 Å². The fourth-order valence-electron chi connectivity index (χ4n) is 5.78. The van der Waals surface area contributed by atoms with Crippen molar-refractivity contribution in [1.29, 1.82) is 0 Å². The van der Waals surface area contributed by atoms with Crippen molar-refractivity contribution < 1.29 is 23.8 Å². The van der Waals surface area contributed by atoms with Gasteiger partial charge in [-0.05, 0) is 79.9 Å². The van der Waals surface area contributed by atoms with Crippen molar-refractivity contribution >= 4 is 23.5 Å². The Morgan fingerprint density at radius 1 is 1.05 bits per heavy atom. The molecule has 204 valence electrons. The van der Waals surface area contributed by atoms with Gasteiger partial charge in [0.2, 0.25) is 0 Å². The van der Waals surface area contributed by atoms with Crippen LogP contribution in [0.15, 0.2) is 47.4 Å². The predicted molar refractivity (Wildman–Crippen MR) is 152 cm³/mol. The number of thioether (sulfide) groups is 1. The van der Waals surface area contributed by atoms with Crippen molar-refractivity contribution in [2.24, 2.45) is 11.8 Å². The van der Waals surface area contributed by atoms with E-state index in [0.29, 0.717) is 12.8 Å². The lowest BCUT2D eigenvalue weighted by atomic mass is 9.86. The lowest BCUT2D eigenvalue weighted by Crippen LogP contribution is -2.47. The number of rotatable bonds is 3. The van der Waals surface area contributed by atoms with Gasteiger partial charge >= 0.3 is 5.97 Å². The number of allylic oxidation sites excluding steroid dienone is 1. The van der Waals surface area contributed by atoms with Crippen molar-refractivity contribution in [2.45, 2.75) is 78.8 Å². The van der Waals surface area contributed by atoms with Crippen molar-refractivity contribution in [3.63, 3.8) is 0 Å². The first-order valence-corrected chi connectivity index (χ1v) is 14.7. The SMILES string of the molecule is CC[C@@H]1OC(=O)[C@@H](C)C(=O)[C@]2(CO[C@@H](c3c(C)cc(C)cc3C)O2)C/C(SC)=C\[C@@H](C)Cc2cccc1c2. The Bertz CT molecular complexity index is 1210. The number of hydrogen-bond donors (Lipinski definition) is 0. The quantitative estimate of drug-likeness (QED) is 0.307. The Hall–Kier alpha value is -2.41. The Balaban J connectivity index is 1.75. The van der Waals surface area contributed by atoms with Crippen LogP contribution in [-0.4, -0.2) is 30.2 Å². The third kappa shape index (κ3) is 5.93. The first kappa shape index (κ1) is 28.6. The number of cyclic esters (lactones) is 1. The van der Waals surface area contributed by atoms with E-state index in [1.54, 1.807) is 18.7 Å². The maximum atomic E-state index is 14.1. The van der Waals surface area contributed by atoms with Crippen LogP contribution in [-0.2, 0) is 30.2 Å². The number of hydrogen-bond acceptors (Lipinski definition) is 6. The molecule has 2 aliphatic heterocycles. The van der Waals surface area contributed by atoms with E-state index in [9.17, 15) is 9.59 Å². The summed E-state index contributed by atoms with van der Waals surface area (Å²) in [7, 11) is 0. The molecule has 38 heavy (non-hydrogen) atoms. The first-order valence-electron chi connectivity index (χ1n) is 13.5. The molecular formula is C32H40O5S. The van der Waals surface area contributed by atoms with Crippen molar-refractivity contribution in [2.75, 3.05) is 12.9 Å². The van der Waals surface area contributed by atoms with Gasteiger partial charge in [0.25, 0.3) is 0 Å². The van der Waals surface area contributed by atoms with Crippen molar-refractivity contribution in [3.05, 3.63) is 80.8 Å². The molecule has 1 spiro atoms. The summed E-state index contributed by atoms with van der Waals surface area (Å²) in [6.45, 7) is 12.0. The Morgan fingerprint density at radius 3 is 2.42 bits per heavy atom. The summed E-state index contributed by atoms with van der Waals surface area (Å²) in [6.07, 6.45) is 5.00. The molecule has 0 saturated carbocycles. The minimum Gasteiger partial charge on any atom is -0.457 e. The predicted octanol–water partition coefficient (Wildman–Crippen LogP) is 7.12. The largest absolute Gasteiger partial charge is 0.457 e. The Morgan fingerprint density at radius 2 is 1.76 bits per heavy atom. The molecule has 4 rings (SSSR count). The summed E-state index contributed by atoms with van der Waals surface area (Å²) in [5.41, 5.74) is 5.11. The fourth-order valence-corrected chi connectivity index (χ4v) is 6.52. The van der Waals surface area contributed by atoms with Crippen molar-refractivity contribution in [3.8, 4) is 0 Å². The van der Waals surface area contributed by atoms with Gasteiger partial charge in [-0.25, -0.2) is 0 Å². The van der Waals surface area contributed by atoms with E-state index >= 15 is 0 Å². The number of aryl methyl sites for hydroxylation is 3. The average Bonchev–Trinajstić information content (AvgIpc) is 3.29. The smallest absolute Gasteiger partial charge is 0.316 e. The maximum absolute atomic E-state index is 14.1. The van der Waals surface area contributed by atoms with Gasteiger partial charge in [0.05, 0.1) is 6.61 Å². The number of ketones is 1. The molecule has 5 atom stereocenters. The molecule has 0 amide bonds. The number of fused-ring (bicyclic) bond motifs is 2. The lowest BCUT2D eigenvalue weighted by molar-refractivity contribution is -0.164. The van der Waals surface area contributed by atoms with Gasteiger partial charge < -0.3 is 14.2 Å². The highest BCUT2D eigenvalue weighted by Gasteiger charge is 2.52. The zero-order valence-corrected chi connectivity index (χ0v) is 24.4. The van der Waals surface area contributed by atoms with E-state index in [1.807, 2.05) is 39.2 Å². The number of benzene rings is 2. The number of Topliss-reactive ketones (excluding diaryl/α,β-unsaturated/α-hetero) is 1. The molecule has 1 fully saturated rings. The lowest BCUT2D eigenvalue weighted by Gasteiger charge is -2.30. The highest BCUT2D eigenvalue weighted by atomic mass is 32.2. The van der Waals surface area contributed by atoms with Gasteiger partial charge in [0, 0.05) is 12.0 Å². The van der Waals surface area contributed by atoms with E-state index in [1.165, 1.54) is 11.1 Å². The molecule has 1 saturated heterocycles. The molecule has 0 unspecified atom stereocenters. The van der Waals surface area contributed by atoms with Gasteiger partial charge in [-0.2, -0.15) is 0 Å². The average molecular weight is 537 g/mol. The second-order valence-electron chi connectivity index (χ2n) is 10.9. The van der Waals surface area contributed by atoms with Crippen molar-refractivity contribution in [1.82, 2.24) is 0 Å². The summed E-state index contributed by atoms with van der Waals surface area (Å²) < 4.78 is 18.8. The summed E-state index contributed by atoms with van der Waals surface area (Å²) in [6, 6.07) is 12.4. The number of carbonyl (C=O) groups excluding carboxylic acids is 2. The summed E-state index contributed by atoms with van der Waals surface area (Å²) >= 11 is 1.62. The van der Waals surface area contributed by atoms with Crippen LogP contribution in [0.5, 0.6) is 0 Å². The zero-order valence-electron chi connectivity index (χ0n) is 23.6. The third-order valence-corrected chi connectivity index (χ3v) is 8.48. The van der Waals surface area contributed by atoms with Gasteiger partial charge in [-0.3, -0.25) is 9.59 Å². The van der Waals surface area contributed by atoms with Crippen LogP contribution in [0.4, 0.5) is 0 Å². The molecule has 5 nitrogen and oxygen atoms in total. The standard InChI is InChI=1S/C32H40O5S/c1-8-27-25-11-9-10-24(16-25)14-20(3)15-26(38-7)17-32(29(33)23(6)30(34)36-27)18-35-31(37-32)28-21(4)12-19(2)13-22(28)5/h9-13,15-16,20,23,27,31H,8,14,17-18H2,1-7H3/b26-15+/t20-,23-,27-,31+,32+/m0/s1. The molecule has 0 radical (unpaired) electrons. The minimum absolute atomic E-state index is 0.0867. The molecule has 0 N–H and O–H groups in total. The molecule has 2 aliphatic rings. The number of ether oxygens (including phenoxy) is 3. The fraction of sp³-hybridized carbons (Fsp3) is 0.500. The molecule has 6 heteroatoms. The molecule has 2 aromatic rings. The molecule has 2 bridgehead atoms. The van der Waals surface area contributed by atoms with Crippen LogP contribution >= 0.6 is 11.8 Å². The van der Waals surface area contributed by atoms with Crippen LogP contribution in [0.25, 0.3) is 0 Å². The van der Waals surface area contributed by atoms with Crippen LogP contribution < -0.4 is 0 Å². The molecule has 0 aliphatic carbocycles. The molecule has 2 aromatic carbocycles. The number of carbonyl (C=O) groups is 2. The summed E-state index contributed by atoms with van der Waals surface area (Å²) in [5, 5.41) is 0. The number of esters is 1. The van der Waals surface area contributed by atoms with E-state index in [4.69, 9.17) is 14.2 Å². The van der Waals surface area contributed by atoms with Gasteiger partial charge in [0.1, 0.15) is 12.0 Å². The topological polar surface area (TPSA) is 61.8 Å². The van der Waals surface area contributed by atoms with E-state index in [2.05, 4.69) is 44.2 Å². The van der Waals surface area contributed by atoms with Crippen LogP contribution in [0.1, 0.15) is 79.4 Å². The summed E-state index contributed by atoms with van der Waals surface area (Å²) in [5.74, 6) is -1.55. The Kier molecular flexibility index (Phi) is 8.85. The normalized spacial score (nSPS) is 30.0. The van der Waals surface area contributed by atoms with Crippen LogP contribution in [0.3, 0.4) is 0 Å². The Labute approximate surface area is 231 Å². The highest BCUT2D eigenvalue weighted by Crippen LogP contribution is 2.43. The van der Waals surface area contributed by atoms with Gasteiger partial charge in [-0.1, -0.05) is 61.9 Å². The van der Waals surface area contributed by atoms with Gasteiger partial charge in [0.15, 0.2) is 17.7 Å². The summed E-state index contributed by atoms with van der Waals surface area (Å²) in [4.78, 5) is 28.5. The second kappa shape index (κ2) is 11.8. The second-order valence-corrected chi connectivity index (χ2v) is 11.9. The monoisotopic (exact) mass is 536 g/mol. The maximum Gasteiger partial charge on any atom is 0.316 e. The van der Waals surface area contributed by atoms with Crippen LogP contribution in [0, 0.1) is 32.6 Å². The first-order chi connectivity index (χ1) is 18.1. The third-order valence-electron chi connectivity index (χ3n) is 7.67. The van der Waals surface area contributed by atoms with E-state index < -0.39 is 29.9 Å². The van der Waals surface area contributed by atoms with E-state index in [0.717, 1.165) is 33.6 Å². The molecular weight excluding hydrogens is 496 g/mol. The van der Waals surface area contributed by atoms with E-state index in [-0.39, 0.29) is 18.3 Å².